The van der Waals surface area contributed by atoms with Gasteiger partial charge in [0.05, 0.1) is 4.90 Å². The van der Waals surface area contributed by atoms with Gasteiger partial charge < -0.3 is 5.73 Å². The number of hydrogen-bond acceptors (Lipinski definition) is 3. The molecule has 4 nitrogen and oxygen atoms in total. The van der Waals surface area contributed by atoms with Gasteiger partial charge in [0.1, 0.15) is 0 Å². The smallest absolute Gasteiger partial charge is 0.240 e. The molecule has 0 aliphatic carbocycles. The summed E-state index contributed by atoms with van der Waals surface area (Å²) in [5, 5.41) is 0. The molecule has 0 aliphatic heterocycles. The van der Waals surface area contributed by atoms with Crippen molar-refractivity contribution in [1.29, 1.82) is 0 Å². The molecule has 0 heterocycles. The molecule has 96 valence electrons. The Morgan fingerprint density at radius 1 is 1.35 bits per heavy atom. The van der Waals surface area contributed by atoms with Crippen LogP contribution in [0.2, 0.25) is 0 Å². The minimum atomic E-state index is -3.41. The second-order valence-corrected chi connectivity index (χ2v) is 6.34. The highest BCUT2D eigenvalue weighted by Crippen LogP contribution is 2.17. The van der Waals surface area contributed by atoms with Gasteiger partial charge in [-0.15, -0.1) is 0 Å². The number of anilines is 1. The summed E-state index contributed by atoms with van der Waals surface area (Å²) in [6.07, 6.45) is 0.827. The number of nitrogens with one attached hydrogen (secondary N) is 1. The lowest BCUT2D eigenvalue weighted by Crippen LogP contribution is -2.26. The van der Waals surface area contributed by atoms with Crippen LogP contribution >= 0.6 is 0 Å². The van der Waals surface area contributed by atoms with E-state index in [1.54, 1.807) is 25.1 Å². The molecule has 1 aromatic rings. The van der Waals surface area contributed by atoms with E-state index in [0.29, 0.717) is 28.6 Å². The molecule has 0 saturated heterocycles. The third-order valence-corrected chi connectivity index (χ3v) is 4.12. The molecule has 5 heteroatoms. The van der Waals surface area contributed by atoms with E-state index in [1.165, 1.54) is 0 Å². The lowest BCUT2D eigenvalue weighted by atomic mass is 10.1. The molecule has 3 N–H and O–H groups in total. The molecule has 0 aliphatic rings. The van der Waals surface area contributed by atoms with Crippen molar-refractivity contribution in [2.24, 2.45) is 5.92 Å². The van der Waals surface area contributed by atoms with Crippen LogP contribution in [-0.4, -0.2) is 15.0 Å². The van der Waals surface area contributed by atoms with E-state index in [4.69, 9.17) is 5.73 Å². The standard InChI is InChI=1S/C12H20N2O2S/c1-9(2)6-7-14-17(15,16)12-5-4-11(13)8-10(12)3/h4-5,8-9,14H,6-7,13H2,1-3H3. The van der Waals surface area contributed by atoms with Gasteiger partial charge in [-0.2, -0.15) is 0 Å². The van der Waals surface area contributed by atoms with Gasteiger partial charge in [0, 0.05) is 12.2 Å². The van der Waals surface area contributed by atoms with Gasteiger partial charge in [-0.25, -0.2) is 13.1 Å². The largest absolute Gasteiger partial charge is 0.399 e. The minimum absolute atomic E-state index is 0.301. The Balaban J connectivity index is 2.83. The van der Waals surface area contributed by atoms with Gasteiger partial charge in [-0.3, -0.25) is 0 Å². The van der Waals surface area contributed by atoms with Crippen molar-refractivity contribution in [3.8, 4) is 0 Å². The average Bonchev–Trinajstić information content (AvgIpc) is 2.15. The summed E-state index contributed by atoms with van der Waals surface area (Å²) in [5.74, 6) is 0.477. The highest BCUT2D eigenvalue weighted by Gasteiger charge is 2.16. The van der Waals surface area contributed by atoms with E-state index in [-0.39, 0.29) is 0 Å². The van der Waals surface area contributed by atoms with Gasteiger partial charge in [0.15, 0.2) is 0 Å². The highest BCUT2D eigenvalue weighted by atomic mass is 32.2. The summed E-state index contributed by atoms with van der Waals surface area (Å²) in [6.45, 7) is 6.32. The number of sulfonamides is 1. The average molecular weight is 256 g/mol. The Bertz CT molecular complexity index is 481. The molecule has 1 rings (SSSR count). The van der Waals surface area contributed by atoms with Gasteiger partial charge in [0.2, 0.25) is 10.0 Å². The number of hydrogen-bond donors (Lipinski definition) is 2. The molecule has 0 amide bonds. The van der Waals surface area contributed by atoms with Crippen molar-refractivity contribution in [3.05, 3.63) is 23.8 Å². The summed E-state index contributed by atoms with van der Waals surface area (Å²) < 4.78 is 26.6. The van der Waals surface area contributed by atoms with Crippen molar-refractivity contribution >= 4 is 15.7 Å². The van der Waals surface area contributed by atoms with E-state index < -0.39 is 10.0 Å². The molecule has 0 atom stereocenters. The van der Waals surface area contributed by atoms with E-state index >= 15 is 0 Å². The second kappa shape index (κ2) is 5.51. The first-order valence-electron chi connectivity index (χ1n) is 5.68. The number of nitrogens with two attached hydrogens (primary N) is 1. The fraction of sp³-hybridized carbons (Fsp3) is 0.500. The maximum atomic E-state index is 12.0. The van der Waals surface area contributed by atoms with Crippen LogP contribution in [0, 0.1) is 12.8 Å². The Hall–Kier alpha value is -1.07. The highest BCUT2D eigenvalue weighted by molar-refractivity contribution is 7.89. The Morgan fingerprint density at radius 2 is 2.00 bits per heavy atom. The van der Waals surface area contributed by atoms with Crippen LogP contribution in [0.15, 0.2) is 23.1 Å². The molecule has 1 aromatic carbocycles. The maximum Gasteiger partial charge on any atom is 0.240 e. The van der Waals surface area contributed by atoms with Crippen LogP contribution in [0.25, 0.3) is 0 Å². The van der Waals surface area contributed by atoms with Crippen molar-refractivity contribution in [1.82, 2.24) is 4.72 Å². The predicted molar refractivity (Wildman–Crippen MR) is 70.2 cm³/mol. The fourth-order valence-electron chi connectivity index (χ4n) is 1.53. The SMILES string of the molecule is Cc1cc(N)ccc1S(=O)(=O)NCCC(C)C. The number of benzene rings is 1. The zero-order valence-electron chi connectivity index (χ0n) is 10.5. The van der Waals surface area contributed by atoms with E-state index in [2.05, 4.69) is 18.6 Å². The van der Waals surface area contributed by atoms with Crippen molar-refractivity contribution in [2.45, 2.75) is 32.1 Å². The summed E-state index contributed by atoms with van der Waals surface area (Å²) in [6, 6.07) is 4.81. The van der Waals surface area contributed by atoms with Gasteiger partial charge >= 0.3 is 0 Å². The van der Waals surface area contributed by atoms with Gasteiger partial charge in [-0.05, 0) is 43.0 Å². The van der Waals surface area contributed by atoms with Crippen LogP contribution in [0.1, 0.15) is 25.8 Å². The summed E-state index contributed by atoms with van der Waals surface area (Å²) in [7, 11) is -3.41. The normalized spacial score (nSPS) is 12.0. The summed E-state index contributed by atoms with van der Waals surface area (Å²) >= 11 is 0. The zero-order valence-corrected chi connectivity index (χ0v) is 11.3. The molecule has 0 bridgehead atoms. The number of aryl methyl sites for hydroxylation is 1. The molecular weight excluding hydrogens is 236 g/mol. The zero-order chi connectivity index (χ0) is 13.1. The third kappa shape index (κ3) is 4.02. The molecule has 0 fully saturated rings. The molecule has 0 spiro atoms. The van der Waals surface area contributed by atoms with Gasteiger partial charge in [0.25, 0.3) is 0 Å². The molecule has 0 saturated carbocycles. The molecular formula is C12H20N2O2S. The third-order valence-electron chi connectivity index (χ3n) is 2.50. The quantitative estimate of drug-likeness (QED) is 0.790. The maximum absolute atomic E-state index is 12.0. The minimum Gasteiger partial charge on any atom is -0.399 e. The topological polar surface area (TPSA) is 72.2 Å². The molecule has 0 unspecified atom stereocenters. The van der Waals surface area contributed by atoms with Crippen molar-refractivity contribution < 1.29 is 8.42 Å². The second-order valence-electron chi connectivity index (χ2n) is 4.61. The Kier molecular flexibility index (Phi) is 4.54. The van der Waals surface area contributed by atoms with Crippen LogP contribution in [0.5, 0.6) is 0 Å². The van der Waals surface area contributed by atoms with Crippen molar-refractivity contribution in [2.75, 3.05) is 12.3 Å². The van der Waals surface area contributed by atoms with Crippen molar-refractivity contribution in [3.63, 3.8) is 0 Å². The first-order valence-corrected chi connectivity index (χ1v) is 7.17. The lowest BCUT2D eigenvalue weighted by molar-refractivity contribution is 0.551. The van der Waals surface area contributed by atoms with Crippen LogP contribution in [-0.2, 0) is 10.0 Å². The van der Waals surface area contributed by atoms with E-state index in [9.17, 15) is 8.42 Å². The monoisotopic (exact) mass is 256 g/mol. The predicted octanol–water partition coefficient (Wildman–Crippen LogP) is 1.90. The molecule has 0 radical (unpaired) electrons. The molecule has 0 aromatic heterocycles. The Morgan fingerprint density at radius 3 is 2.53 bits per heavy atom. The summed E-state index contributed by atoms with van der Waals surface area (Å²) in [4.78, 5) is 0.301. The first kappa shape index (κ1) is 14.0. The van der Waals surface area contributed by atoms with Crippen LogP contribution in [0.4, 0.5) is 5.69 Å². The summed E-state index contributed by atoms with van der Waals surface area (Å²) in [5.41, 5.74) is 6.84. The van der Waals surface area contributed by atoms with E-state index in [1.807, 2.05) is 0 Å². The van der Waals surface area contributed by atoms with E-state index in [0.717, 1.165) is 6.42 Å². The van der Waals surface area contributed by atoms with Crippen LogP contribution in [0.3, 0.4) is 0 Å². The van der Waals surface area contributed by atoms with Crippen LogP contribution < -0.4 is 10.5 Å². The Labute approximate surface area is 103 Å². The first-order chi connectivity index (χ1) is 7.83. The number of rotatable bonds is 5. The molecule has 17 heavy (non-hydrogen) atoms. The lowest BCUT2D eigenvalue weighted by Gasteiger charge is -2.10. The number of nitrogen functional groups attached to an aromatic ring is 1. The fourth-order valence-corrected chi connectivity index (χ4v) is 2.81. The van der Waals surface area contributed by atoms with Gasteiger partial charge in [-0.1, -0.05) is 13.8 Å².